The number of nitrogens with one attached hydrogen (secondary N) is 1. The van der Waals surface area contributed by atoms with Gasteiger partial charge in [0.15, 0.2) is 0 Å². The molecule has 1 rings (SSSR count). The lowest BCUT2D eigenvalue weighted by molar-refractivity contribution is -0.152. The standard InChI is InChI=1S/C9H17NO4S/c1-3-14-8(11)9(4-5-10-6-9)7-15(2,12)13/h10H,3-7H2,1-2H3. The van der Waals surface area contributed by atoms with E-state index in [1.807, 2.05) is 0 Å². The molecule has 1 aliphatic rings. The average molecular weight is 235 g/mol. The smallest absolute Gasteiger partial charge is 0.314 e. The van der Waals surface area contributed by atoms with Crippen LogP contribution >= 0.6 is 0 Å². The topological polar surface area (TPSA) is 72.5 Å². The van der Waals surface area contributed by atoms with E-state index in [2.05, 4.69) is 5.32 Å². The minimum Gasteiger partial charge on any atom is -0.466 e. The summed E-state index contributed by atoms with van der Waals surface area (Å²) < 4.78 is 27.5. The van der Waals surface area contributed by atoms with E-state index in [0.29, 0.717) is 19.5 Å². The van der Waals surface area contributed by atoms with Gasteiger partial charge >= 0.3 is 5.97 Å². The van der Waals surface area contributed by atoms with Crippen LogP contribution in [0, 0.1) is 5.41 Å². The highest BCUT2D eigenvalue weighted by Gasteiger charge is 2.45. The van der Waals surface area contributed by atoms with Gasteiger partial charge < -0.3 is 10.1 Å². The molecule has 0 spiro atoms. The summed E-state index contributed by atoms with van der Waals surface area (Å²) in [5.74, 6) is -0.535. The molecule has 0 bridgehead atoms. The van der Waals surface area contributed by atoms with Crippen LogP contribution in [0.1, 0.15) is 13.3 Å². The molecule has 0 aromatic carbocycles. The number of hydrogen-bond donors (Lipinski definition) is 1. The maximum absolute atomic E-state index is 11.7. The number of sulfone groups is 1. The Kier molecular flexibility index (Phi) is 3.72. The van der Waals surface area contributed by atoms with Gasteiger partial charge in [0.1, 0.15) is 9.84 Å². The number of rotatable bonds is 4. The van der Waals surface area contributed by atoms with Crippen LogP contribution in [0.2, 0.25) is 0 Å². The van der Waals surface area contributed by atoms with Gasteiger partial charge in [-0.1, -0.05) is 0 Å². The molecule has 0 aromatic rings. The van der Waals surface area contributed by atoms with E-state index >= 15 is 0 Å². The lowest BCUT2D eigenvalue weighted by Crippen LogP contribution is -2.41. The molecule has 5 nitrogen and oxygen atoms in total. The third-order valence-corrected chi connectivity index (χ3v) is 3.57. The minimum atomic E-state index is -3.17. The summed E-state index contributed by atoms with van der Waals surface area (Å²) in [6.45, 7) is 3.05. The lowest BCUT2D eigenvalue weighted by atomic mass is 9.90. The number of hydrogen-bond acceptors (Lipinski definition) is 5. The van der Waals surface area contributed by atoms with Crippen molar-refractivity contribution in [2.45, 2.75) is 13.3 Å². The van der Waals surface area contributed by atoms with Crippen LogP contribution in [0.5, 0.6) is 0 Å². The molecule has 88 valence electrons. The largest absolute Gasteiger partial charge is 0.466 e. The van der Waals surface area contributed by atoms with Gasteiger partial charge in [0.2, 0.25) is 0 Å². The summed E-state index contributed by atoms with van der Waals surface area (Å²) in [5.41, 5.74) is -0.871. The lowest BCUT2D eigenvalue weighted by Gasteiger charge is -2.24. The van der Waals surface area contributed by atoms with Crippen molar-refractivity contribution in [3.63, 3.8) is 0 Å². The first-order chi connectivity index (χ1) is 6.90. The molecular weight excluding hydrogens is 218 g/mol. The second kappa shape index (κ2) is 4.49. The number of carbonyl (C=O) groups is 1. The van der Waals surface area contributed by atoms with Crippen LogP contribution in [0.15, 0.2) is 0 Å². The van der Waals surface area contributed by atoms with E-state index in [4.69, 9.17) is 4.74 Å². The molecule has 15 heavy (non-hydrogen) atoms. The Morgan fingerprint density at radius 2 is 2.20 bits per heavy atom. The molecule has 0 radical (unpaired) electrons. The Morgan fingerprint density at radius 1 is 1.53 bits per heavy atom. The fourth-order valence-electron chi connectivity index (χ4n) is 1.89. The molecule has 0 amide bonds. The summed E-state index contributed by atoms with van der Waals surface area (Å²) in [6, 6.07) is 0. The SMILES string of the molecule is CCOC(=O)C1(CS(C)(=O)=O)CCNC1. The van der Waals surface area contributed by atoms with Crippen LogP contribution in [0.25, 0.3) is 0 Å². The summed E-state index contributed by atoms with van der Waals surface area (Å²) >= 11 is 0. The van der Waals surface area contributed by atoms with Crippen molar-refractivity contribution in [1.29, 1.82) is 0 Å². The molecule has 1 unspecified atom stereocenters. The third kappa shape index (κ3) is 3.17. The Morgan fingerprint density at radius 3 is 2.60 bits per heavy atom. The second-order valence-electron chi connectivity index (χ2n) is 4.00. The van der Waals surface area contributed by atoms with Crippen molar-refractivity contribution < 1.29 is 17.9 Å². The predicted octanol–water partition coefficient (Wildman–Crippen LogP) is -0.426. The van der Waals surface area contributed by atoms with Crippen LogP contribution < -0.4 is 5.32 Å². The van der Waals surface area contributed by atoms with Gasteiger partial charge in [-0.2, -0.15) is 0 Å². The maximum Gasteiger partial charge on any atom is 0.314 e. The zero-order valence-electron chi connectivity index (χ0n) is 9.08. The molecular formula is C9H17NO4S. The van der Waals surface area contributed by atoms with E-state index < -0.39 is 21.2 Å². The summed E-state index contributed by atoms with van der Waals surface area (Å²) in [7, 11) is -3.17. The molecule has 1 aliphatic heterocycles. The van der Waals surface area contributed by atoms with Crippen LogP contribution in [0.3, 0.4) is 0 Å². The van der Waals surface area contributed by atoms with Crippen molar-refractivity contribution in [2.24, 2.45) is 5.41 Å². The first kappa shape index (κ1) is 12.4. The normalized spacial score (nSPS) is 26.5. The second-order valence-corrected chi connectivity index (χ2v) is 6.14. The van der Waals surface area contributed by atoms with Gasteiger partial charge in [-0.25, -0.2) is 8.42 Å². The number of carbonyl (C=O) groups excluding carboxylic acids is 1. The van der Waals surface area contributed by atoms with E-state index in [-0.39, 0.29) is 12.4 Å². The molecule has 1 fully saturated rings. The Hall–Kier alpha value is -0.620. The fourth-order valence-corrected chi connectivity index (χ4v) is 3.25. The fraction of sp³-hybridized carbons (Fsp3) is 0.889. The van der Waals surface area contributed by atoms with Crippen molar-refractivity contribution in [3.8, 4) is 0 Å². The molecule has 1 atom stereocenters. The molecule has 1 N–H and O–H groups in total. The van der Waals surface area contributed by atoms with Crippen LogP contribution in [-0.2, 0) is 19.4 Å². The van der Waals surface area contributed by atoms with Gasteiger partial charge in [0.05, 0.1) is 17.8 Å². The third-order valence-electron chi connectivity index (χ3n) is 2.49. The minimum absolute atomic E-state index is 0.133. The monoisotopic (exact) mass is 235 g/mol. The highest BCUT2D eigenvalue weighted by molar-refractivity contribution is 7.90. The highest BCUT2D eigenvalue weighted by Crippen LogP contribution is 2.28. The van der Waals surface area contributed by atoms with Crippen molar-refractivity contribution in [2.75, 3.05) is 31.7 Å². The van der Waals surface area contributed by atoms with Gasteiger partial charge in [0, 0.05) is 12.8 Å². The Bertz CT molecular complexity index is 330. The first-order valence-corrected chi connectivity index (χ1v) is 7.01. The Labute approximate surface area is 90.1 Å². The summed E-state index contributed by atoms with van der Waals surface area (Å²) in [6.07, 6.45) is 1.67. The van der Waals surface area contributed by atoms with Gasteiger partial charge in [-0.05, 0) is 19.9 Å². The zero-order valence-corrected chi connectivity index (χ0v) is 9.89. The molecule has 6 heteroatoms. The van der Waals surface area contributed by atoms with E-state index in [0.717, 1.165) is 6.26 Å². The van der Waals surface area contributed by atoms with Crippen LogP contribution in [-0.4, -0.2) is 46.1 Å². The van der Waals surface area contributed by atoms with Gasteiger partial charge in [-0.3, -0.25) is 4.79 Å². The highest BCUT2D eigenvalue weighted by atomic mass is 32.2. The number of ether oxygens (including phenoxy) is 1. The molecule has 0 aliphatic carbocycles. The molecule has 1 saturated heterocycles. The summed E-state index contributed by atoms with van der Waals surface area (Å²) in [5, 5.41) is 3.01. The molecule has 0 aromatic heterocycles. The predicted molar refractivity (Wildman–Crippen MR) is 56.3 cm³/mol. The first-order valence-electron chi connectivity index (χ1n) is 4.95. The van der Waals surface area contributed by atoms with Crippen molar-refractivity contribution in [3.05, 3.63) is 0 Å². The zero-order chi connectivity index (χ0) is 11.5. The molecule has 1 heterocycles. The van der Waals surface area contributed by atoms with E-state index in [1.54, 1.807) is 6.92 Å². The average Bonchev–Trinajstić information content (AvgIpc) is 2.51. The summed E-state index contributed by atoms with van der Waals surface area (Å²) in [4.78, 5) is 11.7. The molecule has 0 saturated carbocycles. The van der Waals surface area contributed by atoms with Gasteiger partial charge in [-0.15, -0.1) is 0 Å². The van der Waals surface area contributed by atoms with E-state index in [1.165, 1.54) is 0 Å². The van der Waals surface area contributed by atoms with E-state index in [9.17, 15) is 13.2 Å². The number of esters is 1. The Balaban J connectivity index is 2.84. The van der Waals surface area contributed by atoms with Crippen molar-refractivity contribution in [1.82, 2.24) is 5.32 Å². The van der Waals surface area contributed by atoms with Gasteiger partial charge in [0.25, 0.3) is 0 Å². The maximum atomic E-state index is 11.7. The van der Waals surface area contributed by atoms with Crippen molar-refractivity contribution >= 4 is 15.8 Å². The quantitative estimate of drug-likeness (QED) is 0.670. The van der Waals surface area contributed by atoms with Crippen LogP contribution in [0.4, 0.5) is 0 Å².